The van der Waals surface area contributed by atoms with Crippen molar-refractivity contribution in [1.29, 1.82) is 0 Å². The predicted molar refractivity (Wildman–Crippen MR) is 68.2 cm³/mol. The SMILES string of the molecule is OC[C@H]1CCC[C@@H]1Cn1cnc2c(Cl)ncnc21. The van der Waals surface area contributed by atoms with Crippen LogP contribution in [0.3, 0.4) is 0 Å². The Hall–Kier alpha value is -1.20. The second kappa shape index (κ2) is 4.82. The zero-order chi connectivity index (χ0) is 12.5. The van der Waals surface area contributed by atoms with Crippen molar-refractivity contribution >= 4 is 22.8 Å². The molecule has 0 aliphatic heterocycles. The molecule has 5 nitrogen and oxygen atoms in total. The summed E-state index contributed by atoms with van der Waals surface area (Å²) in [7, 11) is 0. The van der Waals surface area contributed by atoms with Crippen LogP contribution in [0.2, 0.25) is 5.15 Å². The highest BCUT2D eigenvalue weighted by molar-refractivity contribution is 6.33. The van der Waals surface area contributed by atoms with Gasteiger partial charge in [0.2, 0.25) is 0 Å². The van der Waals surface area contributed by atoms with Crippen molar-refractivity contribution in [2.75, 3.05) is 6.61 Å². The first-order valence-corrected chi connectivity index (χ1v) is 6.59. The number of fused-ring (bicyclic) bond motifs is 1. The predicted octanol–water partition coefficient (Wildman–Crippen LogP) is 1.89. The molecule has 0 amide bonds. The van der Waals surface area contributed by atoms with Crippen molar-refractivity contribution in [2.24, 2.45) is 11.8 Å². The maximum Gasteiger partial charge on any atom is 0.164 e. The topological polar surface area (TPSA) is 63.8 Å². The lowest BCUT2D eigenvalue weighted by Crippen LogP contribution is -2.17. The van der Waals surface area contributed by atoms with Gasteiger partial charge in [-0.1, -0.05) is 18.0 Å². The number of nitrogens with zero attached hydrogens (tertiary/aromatic N) is 4. The number of aliphatic hydroxyl groups excluding tert-OH is 1. The van der Waals surface area contributed by atoms with Gasteiger partial charge in [0.1, 0.15) is 11.8 Å². The van der Waals surface area contributed by atoms with E-state index < -0.39 is 0 Å². The third kappa shape index (κ3) is 1.97. The van der Waals surface area contributed by atoms with Gasteiger partial charge in [-0.2, -0.15) is 0 Å². The van der Waals surface area contributed by atoms with Gasteiger partial charge in [0.15, 0.2) is 10.8 Å². The van der Waals surface area contributed by atoms with Gasteiger partial charge in [-0.3, -0.25) is 0 Å². The van der Waals surface area contributed by atoms with Crippen molar-refractivity contribution in [3.05, 3.63) is 17.8 Å². The van der Waals surface area contributed by atoms with E-state index in [-0.39, 0.29) is 6.61 Å². The fourth-order valence-corrected chi connectivity index (χ4v) is 3.01. The third-order valence-electron chi connectivity index (χ3n) is 3.84. The van der Waals surface area contributed by atoms with E-state index in [1.807, 2.05) is 4.57 Å². The number of rotatable bonds is 3. The maximum atomic E-state index is 9.35. The molecule has 0 radical (unpaired) electrons. The summed E-state index contributed by atoms with van der Waals surface area (Å²) in [5.41, 5.74) is 1.43. The summed E-state index contributed by atoms with van der Waals surface area (Å²) >= 11 is 5.98. The Labute approximate surface area is 110 Å². The van der Waals surface area contributed by atoms with E-state index in [4.69, 9.17) is 11.6 Å². The molecule has 6 heteroatoms. The Bertz CT molecular complexity index is 556. The Balaban J connectivity index is 1.89. The lowest BCUT2D eigenvalue weighted by molar-refractivity contribution is 0.185. The standard InChI is InChI=1S/C12H15ClN4O/c13-11-10-12(15-6-14-11)17(7-16-10)4-8-2-1-3-9(8)5-18/h6-9,18H,1-5H2/t8-,9-/m1/s1. The number of aliphatic hydroxyl groups is 1. The largest absolute Gasteiger partial charge is 0.396 e. The van der Waals surface area contributed by atoms with Crippen LogP contribution in [0.25, 0.3) is 11.2 Å². The minimum absolute atomic E-state index is 0.271. The molecule has 0 spiro atoms. The molecule has 1 aliphatic carbocycles. The summed E-state index contributed by atoms with van der Waals surface area (Å²) in [6, 6.07) is 0. The smallest absolute Gasteiger partial charge is 0.164 e. The van der Waals surface area contributed by atoms with E-state index in [9.17, 15) is 5.11 Å². The molecular formula is C12H15ClN4O. The minimum Gasteiger partial charge on any atom is -0.396 e. The Morgan fingerprint density at radius 2 is 2.11 bits per heavy atom. The molecule has 1 saturated carbocycles. The van der Waals surface area contributed by atoms with Crippen molar-refractivity contribution in [3.63, 3.8) is 0 Å². The van der Waals surface area contributed by atoms with Crippen LogP contribution in [0, 0.1) is 11.8 Å². The molecule has 2 aromatic heterocycles. The first kappa shape index (κ1) is 11.9. The summed E-state index contributed by atoms with van der Waals surface area (Å²) in [5.74, 6) is 0.904. The lowest BCUT2D eigenvalue weighted by atomic mass is 9.97. The summed E-state index contributed by atoms with van der Waals surface area (Å²) in [4.78, 5) is 12.4. The molecule has 0 aromatic carbocycles. The molecule has 1 aliphatic rings. The van der Waals surface area contributed by atoms with E-state index in [2.05, 4.69) is 15.0 Å². The highest BCUT2D eigenvalue weighted by Crippen LogP contribution is 2.33. The van der Waals surface area contributed by atoms with Gasteiger partial charge in [0.05, 0.1) is 6.33 Å². The Kier molecular flexibility index (Phi) is 3.18. The zero-order valence-electron chi connectivity index (χ0n) is 9.96. The quantitative estimate of drug-likeness (QED) is 0.862. The number of hydrogen-bond donors (Lipinski definition) is 1. The number of aromatic nitrogens is 4. The molecule has 2 aromatic rings. The van der Waals surface area contributed by atoms with Crippen LogP contribution < -0.4 is 0 Å². The van der Waals surface area contributed by atoms with Crippen molar-refractivity contribution in [2.45, 2.75) is 25.8 Å². The molecule has 1 fully saturated rings. The molecule has 2 heterocycles. The summed E-state index contributed by atoms with van der Waals surface area (Å²) in [5, 5.41) is 9.74. The minimum atomic E-state index is 0.271. The van der Waals surface area contributed by atoms with Crippen LogP contribution in [0.15, 0.2) is 12.7 Å². The normalized spacial score (nSPS) is 23.9. The van der Waals surface area contributed by atoms with E-state index in [0.717, 1.165) is 25.0 Å². The Morgan fingerprint density at radius 1 is 1.28 bits per heavy atom. The zero-order valence-corrected chi connectivity index (χ0v) is 10.7. The van der Waals surface area contributed by atoms with Gasteiger partial charge in [-0.05, 0) is 24.7 Å². The molecule has 0 bridgehead atoms. The van der Waals surface area contributed by atoms with Crippen LogP contribution in [-0.4, -0.2) is 31.2 Å². The highest BCUT2D eigenvalue weighted by atomic mass is 35.5. The average Bonchev–Trinajstić information content (AvgIpc) is 2.98. The van der Waals surface area contributed by atoms with Gasteiger partial charge in [-0.25, -0.2) is 15.0 Å². The highest BCUT2D eigenvalue weighted by Gasteiger charge is 2.27. The first-order chi connectivity index (χ1) is 8.79. The monoisotopic (exact) mass is 266 g/mol. The van der Waals surface area contributed by atoms with E-state index in [0.29, 0.717) is 22.5 Å². The van der Waals surface area contributed by atoms with Crippen LogP contribution in [0.4, 0.5) is 0 Å². The molecule has 1 N–H and O–H groups in total. The van der Waals surface area contributed by atoms with Crippen molar-refractivity contribution in [1.82, 2.24) is 19.5 Å². The fourth-order valence-electron chi connectivity index (χ4n) is 2.83. The maximum absolute atomic E-state index is 9.35. The van der Waals surface area contributed by atoms with Gasteiger partial charge in [0.25, 0.3) is 0 Å². The molecule has 96 valence electrons. The molecular weight excluding hydrogens is 252 g/mol. The molecule has 18 heavy (non-hydrogen) atoms. The number of imidazole rings is 1. The fraction of sp³-hybridized carbons (Fsp3) is 0.583. The van der Waals surface area contributed by atoms with Crippen LogP contribution in [-0.2, 0) is 6.54 Å². The van der Waals surface area contributed by atoms with E-state index in [1.165, 1.54) is 12.7 Å². The van der Waals surface area contributed by atoms with Crippen LogP contribution in [0.5, 0.6) is 0 Å². The van der Waals surface area contributed by atoms with Crippen molar-refractivity contribution < 1.29 is 5.11 Å². The Morgan fingerprint density at radius 3 is 2.94 bits per heavy atom. The first-order valence-electron chi connectivity index (χ1n) is 6.21. The van der Waals surface area contributed by atoms with E-state index >= 15 is 0 Å². The summed E-state index contributed by atoms with van der Waals surface area (Å²) in [6.45, 7) is 1.11. The van der Waals surface area contributed by atoms with Crippen LogP contribution in [0.1, 0.15) is 19.3 Å². The molecule has 0 saturated heterocycles. The van der Waals surface area contributed by atoms with Gasteiger partial charge in [0, 0.05) is 13.2 Å². The van der Waals surface area contributed by atoms with Gasteiger partial charge >= 0.3 is 0 Å². The van der Waals surface area contributed by atoms with Crippen molar-refractivity contribution in [3.8, 4) is 0 Å². The average molecular weight is 267 g/mol. The number of hydrogen-bond acceptors (Lipinski definition) is 4. The third-order valence-corrected chi connectivity index (χ3v) is 4.12. The second-order valence-electron chi connectivity index (χ2n) is 4.87. The molecule has 2 atom stereocenters. The van der Waals surface area contributed by atoms with Gasteiger partial charge in [-0.15, -0.1) is 0 Å². The van der Waals surface area contributed by atoms with Crippen LogP contribution >= 0.6 is 11.6 Å². The number of halogens is 1. The second-order valence-corrected chi connectivity index (χ2v) is 5.23. The van der Waals surface area contributed by atoms with E-state index in [1.54, 1.807) is 6.33 Å². The summed E-state index contributed by atoms with van der Waals surface area (Å²) < 4.78 is 2.02. The van der Waals surface area contributed by atoms with Gasteiger partial charge < -0.3 is 9.67 Å². The molecule has 0 unspecified atom stereocenters. The lowest BCUT2D eigenvalue weighted by Gasteiger charge is -2.17. The molecule has 3 rings (SSSR count). The summed E-state index contributed by atoms with van der Waals surface area (Å²) in [6.07, 6.45) is 6.69.